The lowest BCUT2D eigenvalue weighted by atomic mass is 9.47. The van der Waals surface area contributed by atoms with Crippen molar-refractivity contribution in [3.63, 3.8) is 0 Å². The van der Waals surface area contributed by atoms with E-state index >= 15 is 0 Å². The number of halogens is 6. The summed E-state index contributed by atoms with van der Waals surface area (Å²) in [6.07, 6.45) is -6.78. The maximum absolute atomic E-state index is 13.6. The molecule has 1 heterocycles. The molecule has 0 amide bonds. The predicted octanol–water partition coefficient (Wildman–Crippen LogP) is 3.29. The lowest BCUT2D eigenvalue weighted by Crippen LogP contribution is -2.70. The highest BCUT2D eigenvalue weighted by molar-refractivity contribution is 14.1. The molecule has 0 saturated heterocycles. The van der Waals surface area contributed by atoms with Gasteiger partial charge >= 0.3 is 6.18 Å². The van der Waals surface area contributed by atoms with E-state index in [1.165, 1.54) is 4.57 Å². The molecular formula is C10H8F4I2N2O. The van der Waals surface area contributed by atoms with Gasteiger partial charge in [0.05, 0.1) is 5.54 Å². The number of aliphatic hydroxyl groups excluding tert-OH is 1. The highest BCUT2D eigenvalue weighted by Crippen LogP contribution is 2.68. The SMILES string of the molecule is OC(c1nc(I)c(I)n1C12CC(F)(C1)C2)C(F)(F)F. The molecule has 3 fully saturated rings. The van der Waals surface area contributed by atoms with Crippen LogP contribution in [0.4, 0.5) is 17.6 Å². The molecule has 106 valence electrons. The molecular weight excluding hydrogens is 494 g/mol. The van der Waals surface area contributed by atoms with Crippen molar-refractivity contribution < 1.29 is 22.7 Å². The van der Waals surface area contributed by atoms with Crippen LogP contribution in [-0.4, -0.2) is 26.5 Å². The van der Waals surface area contributed by atoms with Crippen LogP contribution in [0.25, 0.3) is 0 Å². The number of nitrogens with zero attached hydrogens (tertiary/aromatic N) is 2. The van der Waals surface area contributed by atoms with Gasteiger partial charge in [0.2, 0.25) is 6.10 Å². The fourth-order valence-electron chi connectivity index (χ4n) is 3.02. The highest BCUT2D eigenvalue weighted by Gasteiger charge is 2.71. The van der Waals surface area contributed by atoms with Crippen LogP contribution in [0.2, 0.25) is 0 Å². The van der Waals surface area contributed by atoms with Gasteiger partial charge < -0.3 is 9.67 Å². The summed E-state index contributed by atoms with van der Waals surface area (Å²) >= 11 is 3.71. The summed E-state index contributed by atoms with van der Waals surface area (Å²) in [4.78, 5) is 3.82. The van der Waals surface area contributed by atoms with Crippen molar-refractivity contribution in [1.82, 2.24) is 9.55 Å². The smallest absolute Gasteiger partial charge is 0.377 e. The van der Waals surface area contributed by atoms with Crippen LogP contribution >= 0.6 is 45.2 Å². The van der Waals surface area contributed by atoms with E-state index in [0.717, 1.165) is 0 Å². The van der Waals surface area contributed by atoms with Gasteiger partial charge in [-0.15, -0.1) is 0 Å². The van der Waals surface area contributed by atoms with Crippen LogP contribution in [0.1, 0.15) is 31.2 Å². The van der Waals surface area contributed by atoms with Gasteiger partial charge in [-0.3, -0.25) is 0 Å². The normalized spacial score (nSPS) is 34.7. The summed E-state index contributed by atoms with van der Waals surface area (Å²) in [5, 5.41) is 9.43. The third-order valence-corrected chi connectivity index (χ3v) is 6.55. The molecule has 0 aromatic carbocycles. The lowest BCUT2D eigenvalue weighted by molar-refractivity contribution is -0.223. The minimum atomic E-state index is -4.77. The zero-order valence-electron chi connectivity index (χ0n) is 9.31. The van der Waals surface area contributed by atoms with Gasteiger partial charge in [-0.1, -0.05) is 0 Å². The Hall–Kier alpha value is 0.350. The Balaban J connectivity index is 2.05. The average Bonchev–Trinajstić information content (AvgIpc) is 2.47. The third-order valence-electron chi connectivity index (χ3n) is 3.77. The Morgan fingerprint density at radius 3 is 2.21 bits per heavy atom. The molecule has 3 saturated carbocycles. The summed E-state index contributed by atoms with van der Waals surface area (Å²) in [6, 6.07) is 0. The first-order valence-corrected chi connectivity index (χ1v) is 7.62. The minimum absolute atomic E-state index is 0.208. The molecule has 4 rings (SSSR count). The predicted molar refractivity (Wildman–Crippen MR) is 74.3 cm³/mol. The molecule has 1 N–H and O–H groups in total. The Morgan fingerprint density at radius 2 is 1.79 bits per heavy atom. The summed E-state index contributed by atoms with van der Waals surface area (Å²) in [5.41, 5.74) is -1.84. The van der Waals surface area contributed by atoms with Crippen LogP contribution in [0, 0.1) is 7.40 Å². The number of alkyl halides is 4. The first-order chi connectivity index (χ1) is 8.58. The van der Waals surface area contributed by atoms with Gasteiger partial charge in [-0.2, -0.15) is 13.2 Å². The summed E-state index contributed by atoms with van der Waals surface area (Å²) in [6.45, 7) is 0. The monoisotopic (exact) mass is 502 g/mol. The van der Waals surface area contributed by atoms with Gasteiger partial charge in [-0.05, 0) is 45.2 Å². The number of aromatic nitrogens is 2. The molecule has 3 aliphatic carbocycles. The second-order valence-electron chi connectivity index (χ2n) is 5.24. The van der Waals surface area contributed by atoms with Gasteiger partial charge in [0.1, 0.15) is 18.9 Å². The van der Waals surface area contributed by atoms with E-state index in [0.29, 0.717) is 7.40 Å². The van der Waals surface area contributed by atoms with Gasteiger partial charge in [0.15, 0.2) is 0 Å². The van der Waals surface area contributed by atoms with Crippen molar-refractivity contribution >= 4 is 45.2 Å². The number of aliphatic hydroxyl groups is 1. The fourth-order valence-corrected chi connectivity index (χ4v) is 4.39. The molecule has 0 aliphatic heterocycles. The topological polar surface area (TPSA) is 38.1 Å². The Bertz CT molecular complexity index is 537. The Labute approximate surface area is 133 Å². The van der Waals surface area contributed by atoms with Crippen molar-refractivity contribution in [3.8, 4) is 0 Å². The number of hydrogen-bond acceptors (Lipinski definition) is 2. The van der Waals surface area contributed by atoms with Gasteiger partial charge in [0.25, 0.3) is 0 Å². The van der Waals surface area contributed by atoms with Crippen molar-refractivity contribution in [3.05, 3.63) is 13.2 Å². The second-order valence-corrected chi connectivity index (χ2v) is 7.28. The molecule has 1 aromatic rings. The second kappa shape index (κ2) is 3.96. The van der Waals surface area contributed by atoms with Crippen LogP contribution in [0.15, 0.2) is 0 Å². The van der Waals surface area contributed by atoms with Crippen LogP contribution < -0.4 is 0 Å². The molecule has 19 heavy (non-hydrogen) atoms. The van der Waals surface area contributed by atoms with E-state index in [-0.39, 0.29) is 19.3 Å². The van der Waals surface area contributed by atoms with Crippen LogP contribution in [0.3, 0.4) is 0 Å². The van der Waals surface area contributed by atoms with Crippen molar-refractivity contribution in [2.45, 2.75) is 42.8 Å². The van der Waals surface area contributed by atoms with E-state index in [1.807, 2.05) is 45.2 Å². The maximum Gasteiger partial charge on any atom is 0.421 e. The molecule has 3 nitrogen and oxygen atoms in total. The van der Waals surface area contributed by atoms with Crippen LogP contribution in [0.5, 0.6) is 0 Å². The van der Waals surface area contributed by atoms with Gasteiger partial charge in [0, 0.05) is 19.3 Å². The first kappa shape index (κ1) is 14.3. The summed E-state index contributed by atoms with van der Waals surface area (Å²) in [7, 11) is 0. The molecule has 3 aliphatic rings. The Kier molecular flexibility index (Phi) is 2.98. The quantitative estimate of drug-likeness (QED) is 0.499. The molecule has 0 radical (unpaired) electrons. The molecule has 1 aromatic heterocycles. The van der Waals surface area contributed by atoms with E-state index in [1.54, 1.807) is 0 Å². The largest absolute Gasteiger partial charge is 0.421 e. The average molecular weight is 502 g/mol. The van der Waals surface area contributed by atoms with Crippen molar-refractivity contribution in [2.75, 3.05) is 0 Å². The number of imidazole rings is 1. The minimum Gasteiger partial charge on any atom is -0.377 e. The number of rotatable bonds is 2. The molecule has 9 heteroatoms. The van der Waals surface area contributed by atoms with E-state index in [9.17, 15) is 22.7 Å². The van der Waals surface area contributed by atoms with E-state index in [4.69, 9.17) is 0 Å². The van der Waals surface area contributed by atoms with Gasteiger partial charge in [-0.25, -0.2) is 9.37 Å². The summed E-state index contributed by atoms with van der Waals surface area (Å²) in [5.74, 6) is -0.428. The van der Waals surface area contributed by atoms with E-state index < -0.39 is 29.3 Å². The molecule has 1 unspecified atom stereocenters. The van der Waals surface area contributed by atoms with Crippen molar-refractivity contribution in [1.29, 1.82) is 0 Å². The third kappa shape index (κ3) is 1.93. The van der Waals surface area contributed by atoms with Crippen LogP contribution in [-0.2, 0) is 5.54 Å². The molecule has 2 bridgehead atoms. The maximum atomic E-state index is 13.6. The summed E-state index contributed by atoms with van der Waals surface area (Å²) < 4.78 is 53.9. The van der Waals surface area contributed by atoms with Crippen molar-refractivity contribution in [2.24, 2.45) is 0 Å². The highest BCUT2D eigenvalue weighted by atomic mass is 127. The standard InChI is InChI=1S/C10H8F4I2N2O/c11-8-1-9(2-8,3-8)18-6(16)5(15)17-7(18)4(19)10(12,13)14/h4,19H,1-3H2. The number of hydrogen-bond donors (Lipinski definition) is 1. The first-order valence-electron chi connectivity index (χ1n) is 5.46. The fraction of sp³-hybridized carbons (Fsp3) is 0.700. The lowest BCUT2D eigenvalue weighted by Gasteiger charge is -2.66. The molecule has 1 atom stereocenters. The zero-order chi connectivity index (χ0) is 14.2. The molecule has 0 spiro atoms. The Morgan fingerprint density at radius 1 is 1.26 bits per heavy atom. The zero-order valence-corrected chi connectivity index (χ0v) is 13.6. The van der Waals surface area contributed by atoms with E-state index in [2.05, 4.69) is 4.98 Å².